The molecule has 0 heterocycles. The number of hydrogen-bond donors (Lipinski definition) is 0. The van der Waals surface area contributed by atoms with Gasteiger partial charge in [-0.25, -0.2) is 0 Å². The fraction of sp³-hybridized carbons (Fsp3) is 0.500. The van der Waals surface area contributed by atoms with Crippen LogP contribution >= 0.6 is 11.6 Å². The number of benzene rings is 1. The highest BCUT2D eigenvalue weighted by molar-refractivity contribution is 6.31. The molecule has 0 aliphatic carbocycles. The molecule has 0 aromatic heterocycles. The SMILES string of the molecule is CCC(CC)CC(=O)c1cc(Cl)ccc1OC. The summed E-state index contributed by atoms with van der Waals surface area (Å²) in [5.41, 5.74) is 0.590. The largest absolute Gasteiger partial charge is 0.496 e. The van der Waals surface area contributed by atoms with Crippen LogP contribution in [-0.4, -0.2) is 12.9 Å². The van der Waals surface area contributed by atoms with Crippen LogP contribution in [0, 0.1) is 5.92 Å². The van der Waals surface area contributed by atoms with Crippen molar-refractivity contribution in [2.75, 3.05) is 7.11 Å². The summed E-state index contributed by atoms with van der Waals surface area (Å²) in [7, 11) is 1.57. The van der Waals surface area contributed by atoms with Gasteiger partial charge in [0.05, 0.1) is 12.7 Å². The summed E-state index contributed by atoms with van der Waals surface area (Å²) in [6.45, 7) is 4.22. The number of ketones is 1. The number of Topliss-reactive ketones (excluding diaryl/α,β-unsaturated/α-hetero) is 1. The minimum Gasteiger partial charge on any atom is -0.496 e. The van der Waals surface area contributed by atoms with Crippen LogP contribution in [0.1, 0.15) is 43.5 Å². The summed E-state index contributed by atoms with van der Waals surface area (Å²) in [4.78, 5) is 12.2. The van der Waals surface area contributed by atoms with Gasteiger partial charge < -0.3 is 4.74 Å². The Morgan fingerprint density at radius 2 is 2.00 bits per heavy atom. The van der Waals surface area contributed by atoms with Crippen molar-refractivity contribution < 1.29 is 9.53 Å². The zero-order valence-electron chi connectivity index (χ0n) is 10.6. The lowest BCUT2D eigenvalue weighted by molar-refractivity contribution is 0.0955. The number of methoxy groups -OCH3 is 1. The van der Waals surface area contributed by atoms with Crippen LogP contribution in [0.2, 0.25) is 5.02 Å². The lowest BCUT2D eigenvalue weighted by Crippen LogP contribution is -2.08. The van der Waals surface area contributed by atoms with Crippen LogP contribution in [0.4, 0.5) is 0 Å². The molecule has 1 aromatic rings. The average Bonchev–Trinajstić information content (AvgIpc) is 2.35. The number of hydrogen-bond acceptors (Lipinski definition) is 2. The molecule has 0 radical (unpaired) electrons. The predicted octanol–water partition coefficient (Wildman–Crippen LogP) is 4.36. The second kappa shape index (κ2) is 6.65. The molecule has 0 saturated carbocycles. The third kappa shape index (κ3) is 3.74. The second-order valence-electron chi connectivity index (χ2n) is 4.15. The topological polar surface area (TPSA) is 26.3 Å². The van der Waals surface area contributed by atoms with Crippen molar-refractivity contribution in [2.45, 2.75) is 33.1 Å². The summed E-state index contributed by atoms with van der Waals surface area (Å²) >= 11 is 5.91. The molecule has 0 bridgehead atoms. The lowest BCUT2D eigenvalue weighted by Gasteiger charge is -2.13. The van der Waals surface area contributed by atoms with Crippen molar-refractivity contribution in [3.8, 4) is 5.75 Å². The Balaban J connectivity index is 2.90. The molecule has 1 aromatic carbocycles. The van der Waals surface area contributed by atoms with Crippen molar-refractivity contribution >= 4 is 17.4 Å². The van der Waals surface area contributed by atoms with E-state index in [2.05, 4.69) is 13.8 Å². The summed E-state index contributed by atoms with van der Waals surface area (Å²) < 4.78 is 5.19. The first kappa shape index (κ1) is 14.0. The highest BCUT2D eigenvalue weighted by Crippen LogP contribution is 2.26. The van der Waals surface area contributed by atoms with E-state index in [1.807, 2.05) is 0 Å². The third-order valence-electron chi connectivity index (χ3n) is 3.09. The first-order valence-electron chi connectivity index (χ1n) is 5.99. The Bertz CT molecular complexity index is 384. The molecular formula is C14H19ClO2. The van der Waals surface area contributed by atoms with Gasteiger partial charge in [-0.05, 0) is 24.1 Å². The first-order chi connectivity index (χ1) is 8.12. The van der Waals surface area contributed by atoms with E-state index in [0.29, 0.717) is 28.7 Å². The van der Waals surface area contributed by atoms with Gasteiger partial charge in [-0.2, -0.15) is 0 Å². The molecule has 17 heavy (non-hydrogen) atoms. The molecule has 2 nitrogen and oxygen atoms in total. The number of carbonyl (C=O) groups is 1. The third-order valence-corrected chi connectivity index (χ3v) is 3.33. The van der Waals surface area contributed by atoms with Crippen LogP contribution < -0.4 is 4.74 Å². The minimum atomic E-state index is 0.109. The van der Waals surface area contributed by atoms with Crippen molar-refractivity contribution in [3.05, 3.63) is 28.8 Å². The average molecular weight is 255 g/mol. The lowest BCUT2D eigenvalue weighted by atomic mass is 9.93. The van der Waals surface area contributed by atoms with Gasteiger partial charge in [-0.15, -0.1) is 0 Å². The molecule has 1 rings (SSSR count). The Kier molecular flexibility index (Phi) is 5.49. The van der Waals surface area contributed by atoms with E-state index in [-0.39, 0.29) is 5.78 Å². The summed E-state index contributed by atoms with van der Waals surface area (Å²) in [6, 6.07) is 5.15. The van der Waals surface area contributed by atoms with Crippen molar-refractivity contribution in [1.82, 2.24) is 0 Å². The van der Waals surface area contributed by atoms with E-state index in [4.69, 9.17) is 16.3 Å². The molecule has 3 heteroatoms. The van der Waals surface area contributed by atoms with Crippen LogP contribution in [-0.2, 0) is 0 Å². The molecular weight excluding hydrogens is 236 g/mol. The quantitative estimate of drug-likeness (QED) is 0.705. The van der Waals surface area contributed by atoms with Gasteiger partial charge in [0, 0.05) is 11.4 Å². The van der Waals surface area contributed by atoms with Gasteiger partial charge >= 0.3 is 0 Å². The fourth-order valence-electron chi connectivity index (χ4n) is 1.85. The number of halogens is 1. The van der Waals surface area contributed by atoms with Gasteiger partial charge in [0.15, 0.2) is 5.78 Å². The Labute approximate surface area is 108 Å². The molecule has 0 amide bonds. The molecule has 0 N–H and O–H groups in total. The standard InChI is InChI=1S/C14H19ClO2/c1-4-10(5-2)8-13(16)12-9-11(15)6-7-14(12)17-3/h6-7,9-10H,4-5,8H2,1-3H3. The number of ether oxygens (including phenoxy) is 1. The normalized spacial score (nSPS) is 10.6. The summed E-state index contributed by atoms with van der Waals surface area (Å²) in [5, 5.41) is 0.568. The molecule has 94 valence electrons. The molecule has 0 aliphatic heterocycles. The number of carbonyl (C=O) groups excluding carboxylic acids is 1. The second-order valence-corrected chi connectivity index (χ2v) is 4.59. The van der Waals surface area contributed by atoms with E-state index < -0.39 is 0 Å². The highest BCUT2D eigenvalue weighted by Gasteiger charge is 2.16. The molecule has 0 saturated heterocycles. The van der Waals surface area contributed by atoms with Crippen LogP contribution in [0.15, 0.2) is 18.2 Å². The fourth-order valence-corrected chi connectivity index (χ4v) is 2.02. The van der Waals surface area contributed by atoms with Crippen LogP contribution in [0.3, 0.4) is 0 Å². The van der Waals surface area contributed by atoms with Crippen molar-refractivity contribution in [2.24, 2.45) is 5.92 Å². The predicted molar refractivity (Wildman–Crippen MR) is 71.0 cm³/mol. The molecule has 0 aliphatic rings. The van der Waals surface area contributed by atoms with Gasteiger partial charge in [-0.1, -0.05) is 38.3 Å². The minimum absolute atomic E-state index is 0.109. The van der Waals surface area contributed by atoms with E-state index in [0.717, 1.165) is 12.8 Å². The van der Waals surface area contributed by atoms with E-state index >= 15 is 0 Å². The summed E-state index contributed by atoms with van der Waals surface area (Å²) in [5.74, 6) is 1.15. The molecule has 0 spiro atoms. The Hall–Kier alpha value is -1.02. The zero-order valence-corrected chi connectivity index (χ0v) is 11.4. The maximum atomic E-state index is 12.2. The maximum absolute atomic E-state index is 12.2. The van der Waals surface area contributed by atoms with Crippen LogP contribution in [0.25, 0.3) is 0 Å². The van der Waals surface area contributed by atoms with Gasteiger partial charge in [-0.3, -0.25) is 4.79 Å². The van der Waals surface area contributed by atoms with Crippen molar-refractivity contribution in [3.63, 3.8) is 0 Å². The first-order valence-corrected chi connectivity index (χ1v) is 6.36. The maximum Gasteiger partial charge on any atom is 0.166 e. The number of rotatable bonds is 6. The molecule has 0 fully saturated rings. The highest BCUT2D eigenvalue weighted by atomic mass is 35.5. The molecule has 0 atom stereocenters. The van der Waals surface area contributed by atoms with Crippen molar-refractivity contribution in [1.29, 1.82) is 0 Å². The van der Waals surface area contributed by atoms with E-state index in [1.54, 1.807) is 25.3 Å². The van der Waals surface area contributed by atoms with E-state index in [9.17, 15) is 4.79 Å². The Morgan fingerprint density at radius 1 is 1.35 bits per heavy atom. The van der Waals surface area contributed by atoms with Gasteiger partial charge in [0.2, 0.25) is 0 Å². The van der Waals surface area contributed by atoms with E-state index in [1.165, 1.54) is 0 Å². The smallest absolute Gasteiger partial charge is 0.166 e. The van der Waals surface area contributed by atoms with Gasteiger partial charge in [0.1, 0.15) is 5.75 Å². The monoisotopic (exact) mass is 254 g/mol. The molecule has 0 unspecified atom stereocenters. The van der Waals surface area contributed by atoms with Gasteiger partial charge in [0.25, 0.3) is 0 Å². The summed E-state index contributed by atoms with van der Waals surface area (Å²) in [6.07, 6.45) is 2.60. The Morgan fingerprint density at radius 3 is 2.53 bits per heavy atom. The van der Waals surface area contributed by atoms with Crippen LogP contribution in [0.5, 0.6) is 5.75 Å². The zero-order chi connectivity index (χ0) is 12.8.